The lowest BCUT2D eigenvalue weighted by Crippen LogP contribution is -2.54. The van der Waals surface area contributed by atoms with Crippen LogP contribution in [0, 0.1) is 11.7 Å². The van der Waals surface area contributed by atoms with Gasteiger partial charge in [0.05, 0.1) is 23.3 Å². The molecule has 5 rings (SSSR count). The normalized spacial score (nSPS) is 29.3. The molecule has 3 aliphatic rings. The first-order valence-electron chi connectivity index (χ1n) is 13.5. The molecule has 2 heterocycles. The molecule has 0 bridgehead atoms. The summed E-state index contributed by atoms with van der Waals surface area (Å²) in [6.07, 6.45) is 1.47. The second kappa shape index (κ2) is 9.93. The number of anilines is 1. The standard InChI is InChI=1S/C30H37F3N2O3S/c1-28(2,3)22-6-4-5-19(12-22)15-34-25-17-39(37,38)16-21(27(25)36)11-20-13-23-26(24(31)14-20)35-18-29(23)7-9-30(32,33)10-8-29/h4-7,9,12-14,21,25,27,34-36H,8,10-11,15-18H2,1-3H3/t21-,25+,27+,29-/m1/s1. The van der Waals surface area contributed by atoms with E-state index in [0.717, 1.165) is 11.6 Å². The molecule has 5 nitrogen and oxygen atoms in total. The van der Waals surface area contributed by atoms with Crippen LogP contribution >= 0.6 is 0 Å². The molecule has 4 atom stereocenters. The summed E-state index contributed by atoms with van der Waals surface area (Å²) in [6.45, 7) is 7.12. The van der Waals surface area contributed by atoms with Gasteiger partial charge in [-0.1, -0.05) is 57.2 Å². The monoisotopic (exact) mass is 562 g/mol. The number of halogens is 3. The number of sulfone groups is 1. The summed E-state index contributed by atoms with van der Waals surface area (Å²) in [5, 5.41) is 17.5. The van der Waals surface area contributed by atoms with Gasteiger partial charge in [0, 0.05) is 36.9 Å². The third-order valence-electron chi connectivity index (χ3n) is 8.47. The van der Waals surface area contributed by atoms with Gasteiger partial charge in [-0.25, -0.2) is 21.6 Å². The zero-order chi connectivity index (χ0) is 28.2. The molecule has 0 saturated carbocycles. The molecule has 3 N–H and O–H groups in total. The molecule has 0 radical (unpaired) electrons. The Bertz CT molecular complexity index is 1390. The average molecular weight is 563 g/mol. The fourth-order valence-corrected chi connectivity index (χ4v) is 8.12. The number of alkyl halides is 2. The van der Waals surface area contributed by atoms with Crippen LogP contribution in [0.1, 0.15) is 55.9 Å². The predicted octanol–water partition coefficient (Wildman–Crippen LogP) is 4.88. The van der Waals surface area contributed by atoms with E-state index in [2.05, 4.69) is 43.5 Å². The summed E-state index contributed by atoms with van der Waals surface area (Å²) < 4.78 is 68.4. The van der Waals surface area contributed by atoms with E-state index >= 15 is 4.39 Å². The molecular weight excluding hydrogens is 525 g/mol. The molecule has 1 spiro atoms. The number of nitrogens with one attached hydrogen (secondary N) is 2. The highest BCUT2D eigenvalue weighted by Gasteiger charge is 2.45. The predicted molar refractivity (Wildman–Crippen MR) is 148 cm³/mol. The van der Waals surface area contributed by atoms with E-state index in [9.17, 15) is 22.3 Å². The Labute approximate surface area is 228 Å². The number of rotatable bonds is 5. The Morgan fingerprint density at radius 3 is 2.54 bits per heavy atom. The minimum Gasteiger partial charge on any atom is -0.391 e. The number of hydrogen-bond donors (Lipinski definition) is 3. The molecule has 9 heteroatoms. The molecule has 39 heavy (non-hydrogen) atoms. The van der Waals surface area contributed by atoms with E-state index in [-0.39, 0.29) is 36.2 Å². The van der Waals surface area contributed by atoms with Gasteiger partial charge in [-0.2, -0.15) is 0 Å². The highest BCUT2D eigenvalue weighted by molar-refractivity contribution is 7.91. The van der Waals surface area contributed by atoms with Crippen molar-refractivity contribution in [3.05, 3.63) is 76.6 Å². The summed E-state index contributed by atoms with van der Waals surface area (Å²) in [5.41, 5.74) is 2.89. The highest BCUT2D eigenvalue weighted by Crippen LogP contribution is 2.48. The van der Waals surface area contributed by atoms with Crippen LogP contribution in [-0.2, 0) is 33.6 Å². The van der Waals surface area contributed by atoms with Crippen LogP contribution in [0.2, 0.25) is 0 Å². The summed E-state index contributed by atoms with van der Waals surface area (Å²) >= 11 is 0. The van der Waals surface area contributed by atoms with Crippen molar-refractivity contribution >= 4 is 15.5 Å². The van der Waals surface area contributed by atoms with Crippen LogP contribution in [0.5, 0.6) is 0 Å². The van der Waals surface area contributed by atoms with Crippen molar-refractivity contribution in [3.63, 3.8) is 0 Å². The van der Waals surface area contributed by atoms with Crippen molar-refractivity contribution < 1.29 is 26.7 Å². The number of fused-ring (bicyclic) bond motifs is 2. The van der Waals surface area contributed by atoms with E-state index in [1.807, 2.05) is 12.1 Å². The lowest BCUT2D eigenvalue weighted by molar-refractivity contribution is 0.0312. The third kappa shape index (κ3) is 5.91. The van der Waals surface area contributed by atoms with E-state index in [4.69, 9.17) is 0 Å². The first-order valence-corrected chi connectivity index (χ1v) is 15.3. The van der Waals surface area contributed by atoms with Crippen molar-refractivity contribution in [3.8, 4) is 0 Å². The Hall–Kier alpha value is -2.36. The lowest BCUT2D eigenvalue weighted by Gasteiger charge is -2.36. The molecule has 1 fully saturated rings. The third-order valence-corrected chi connectivity index (χ3v) is 10.3. The Morgan fingerprint density at radius 1 is 1.08 bits per heavy atom. The number of allylic oxidation sites excluding steroid dienone is 1. The van der Waals surface area contributed by atoms with Crippen LogP contribution in [-0.4, -0.2) is 49.6 Å². The maximum Gasteiger partial charge on any atom is 0.266 e. The van der Waals surface area contributed by atoms with E-state index in [1.165, 1.54) is 17.7 Å². The fourth-order valence-electron chi connectivity index (χ4n) is 6.16. The van der Waals surface area contributed by atoms with Crippen LogP contribution in [0.3, 0.4) is 0 Å². The maximum absolute atomic E-state index is 15.1. The van der Waals surface area contributed by atoms with Gasteiger partial charge >= 0.3 is 0 Å². The molecule has 0 unspecified atom stereocenters. The molecule has 0 amide bonds. The first kappa shape index (κ1) is 28.2. The minimum absolute atomic E-state index is 0.0255. The van der Waals surface area contributed by atoms with Gasteiger partial charge in [0.2, 0.25) is 0 Å². The van der Waals surface area contributed by atoms with E-state index in [0.29, 0.717) is 29.9 Å². The summed E-state index contributed by atoms with van der Waals surface area (Å²) in [5.74, 6) is -4.36. The van der Waals surface area contributed by atoms with Crippen molar-refractivity contribution in [1.82, 2.24) is 5.32 Å². The molecule has 2 aliphatic heterocycles. The maximum atomic E-state index is 15.1. The zero-order valence-electron chi connectivity index (χ0n) is 22.6. The Kier molecular flexibility index (Phi) is 7.17. The van der Waals surface area contributed by atoms with Gasteiger partial charge in [0.1, 0.15) is 5.82 Å². The SMILES string of the molecule is CC(C)(C)c1cccc(CN[C@H]2CS(=O)(=O)C[C@@H](Cc3cc(F)c4c(c3)[C@@]3(C=CC(F)(F)CC3)CN4)[C@@H]2O)c1. The highest BCUT2D eigenvalue weighted by atomic mass is 32.2. The van der Waals surface area contributed by atoms with Crippen molar-refractivity contribution in [2.24, 2.45) is 5.92 Å². The second-order valence-electron chi connectivity index (χ2n) is 12.6. The first-order chi connectivity index (χ1) is 18.2. The van der Waals surface area contributed by atoms with Gasteiger partial charge < -0.3 is 15.7 Å². The summed E-state index contributed by atoms with van der Waals surface area (Å²) in [7, 11) is -3.45. The lowest BCUT2D eigenvalue weighted by atomic mass is 9.73. The van der Waals surface area contributed by atoms with Gasteiger partial charge in [-0.05, 0) is 52.7 Å². The fraction of sp³-hybridized carbons (Fsp3) is 0.533. The van der Waals surface area contributed by atoms with Crippen LogP contribution in [0.25, 0.3) is 0 Å². The van der Waals surface area contributed by atoms with Gasteiger partial charge in [0.15, 0.2) is 9.84 Å². The van der Waals surface area contributed by atoms with Crippen molar-refractivity contribution in [2.75, 3.05) is 23.4 Å². The quantitative estimate of drug-likeness (QED) is 0.453. The zero-order valence-corrected chi connectivity index (χ0v) is 23.4. The second-order valence-corrected chi connectivity index (χ2v) is 14.7. The number of aliphatic hydroxyl groups excluding tert-OH is 1. The summed E-state index contributed by atoms with van der Waals surface area (Å²) in [6, 6.07) is 10.6. The molecule has 212 valence electrons. The molecular formula is C30H37F3N2O3S. The number of benzene rings is 2. The number of hydrogen-bond acceptors (Lipinski definition) is 5. The van der Waals surface area contributed by atoms with Gasteiger partial charge in [0.25, 0.3) is 5.92 Å². The van der Waals surface area contributed by atoms with Gasteiger partial charge in [-0.15, -0.1) is 0 Å². The molecule has 0 aromatic heterocycles. The topological polar surface area (TPSA) is 78.4 Å². The van der Waals surface area contributed by atoms with Crippen LogP contribution in [0.4, 0.5) is 18.9 Å². The Morgan fingerprint density at radius 2 is 1.85 bits per heavy atom. The van der Waals surface area contributed by atoms with E-state index < -0.39 is 45.1 Å². The smallest absolute Gasteiger partial charge is 0.266 e. The van der Waals surface area contributed by atoms with Crippen molar-refractivity contribution in [1.29, 1.82) is 0 Å². The van der Waals surface area contributed by atoms with Gasteiger partial charge in [-0.3, -0.25) is 0 Å². The number of aliphatic hydroxyl groups is 1. The molecule has 1 aliphatic carbocycles. The largest absolute Gasteiger partial charge is 0.391 e. The molecule has 2 aromatic carbocycles. The van der Waals surface area contributed by atoms with E-state index in [1.54, 1.807) is 6.07 Å². The molecule has 1 saturated heterocycles. The summed E-state index contributed by atoms with van der Waals surface area (Å²) in [4.78, 5) is 0. The molecule has 2 aromatic rings. The van der Waals surface area contributed by atoms with Crippen LogP contribution in [0.15, 0.2) is 48.6 Å². The Balaban J connectivity index is 1.35. The van der Waals surface area contributed by atoms with Crippen LogP contribution < -0.4 is 10.6 Å². The van der Waals surface area contributed by atoms with Crippen molar-refractivity contribution in [2.45, 2.75) is 75.5 Å². The average Bonchev–Trinajstić information content (AvgIpc) is 3.20. The minimum atomic E-state index is -3.45.